The van der Waals surface area contributed by atoms with E-state index in [1.54, 1.807) is 42.4 Å². The zero-order valence-electron chi connectivity index (χ0n) is 18.2. The summed E-state index contributed by atoms with van der Waals surface area (Å²) in [6.45, 7) is 9.34. The predicted octanol–water partition coefficient (Wildman–Crippen LogP) is 5.68. The van der Waals surface area contributed by atoms with Crippen molar-refractivity contribution in [3.63, 3.8) is 0 Å². The van der Waals surface area contributed by atoms with Crippen molar-refractivity contribution in [2.75, 3.05) is 13.7 Å². The van der Waals surface area contributed by atoms with Crippen molar-refractivity contribution in [3.8, 4) is 11.5 Å². The highest BCUT2D eigenvalue weighted by molar-refractivity contribution is 7.09. The summed E-state index contributed by atoms with van der Waals surface area (Å²) in [4.78, 5) is 19.3. The lowest BCUT2D eigenvalue weighted by Crippen LogP contribution is -2.30. The third-order valence-corrected chi connectivity index (χ3v) is 5.69. The van der Waals surface area contributed by atoms with Crippen LogP contribution < -0.4 is 9.47 Å². The molecule has 0 aliphatic carbocycles. The minimum Gasteiger partial charge on any atom is -0.497 e. The van der Waals surface area contributed by atoms with Crippen LogP contribution in [-0.4, -0.2) is 29.4 Å². The van der Waals surface area contributed by atoms with E-state index >= 15 is 0 Å². The molecule has 2 aromatic carbocycles. The minimum absolute atomic E-state index is 0.0702. The highest BCUT2D eigenvalue weighted by Crippen LogP contribution is 2.27. The van der Waals surface area contributed by atoms with E-state index < -0.39 is 0 Å². The largest absolute Gasteiger partial charge is 0.497 e. The van der Waals surface area contributed by atoms with Crippen molar-refractivity contribution in [1.82, 2.24) is 9.88 Å². The number of thiazole rings is 1. The summed E-state index contributed by atoms with van der Waals surface area (Å²) in [5.74, 6) is 1.92. The van der Waals surface area contributed by atoms with Gasteiger partial charge in [-0.1, -0.05) is 38.1 Å². The highest BCUT2D eigenvalue weighted by Gasteiger charge is 2.17. The summed E-state index contributed by atoms with van der Waals surface area (Å²) in [6, 6.07) is 15.2. The first-order chi connectivity index (χ1) is 15.0. The minimum atomic E-state index is -0.0702. The molecule has 1 heterocycles. The second-order valence-electron chi connectivity index (χ2n) is 7.42. The average molecular weight is 437 g/mol. The van der Waals surface area contributed by atoms with Gasteiger partial charge in [0.05, 0.1) is 19.3 Å². The maximum Gasteiger partial charge on any atom is 0.254 e. The van der Waals surface area contributed by atoms with Gasteiger partial charge in [0.2, 0.25) is 0 Å². The van der Waals surface area contributed by atoms with Gasteiger partial charge in [0, 0.05) is 17.5 Å². The van der Waals surface area contributed by atoms with Gasteiger partial charge in [-0.05, 0) is 41.8 Å². The number of amides is 1. The molecular formula is C25H28N2O3S. The quantitative estimate of drug-likeness (QED) is 0.384. The number of aromatic nitrogens is 1. The topological polar surface area (TPSA) is 51.7 Å². The Morgan fingerprint density at radius 3 is 2.61 bits per heavy atom. The molecule has 0 aliphatic rings. The first kappa shape index (κ1) is 22.6. The molecule has 0 unspecified atom stereocenters. The molecule has 0 spiro atoms. The van der Waals surface area contributed by atoms with Crippen molar-refractivity contribution in [2.24, 2.45) is 0 Å². The van der Waals surface area contributed by atoms with Gasteiger partial charge in [0.1, 0.15) is 23.1 Å². The Morgan fingerprint density at radius 1 is 1.19 bits per heavy atom. The van der Waals surface area contributed by atoms with E-state index in [1.807, 2.05) is 23.6 Å². The van der Waals surface area contributed by atoms with Crippen LogP contribution in [0.3, 0.4) is 0 Å². The summed E-state index contributed by atoms with van der Waals surface area (Å²) in [5, 5.41) is 2.86. The van der Waals surface area contributed by atoms with Gasteiger partial charge in [-0.15, -0.1) is 17.9 Å². The third kappa shape index (κ3) is 5.95. The van der Waals surface area contributed by atoms with Gasteiger partial charge in [-0.25, -0.2) is 4.98 Å². The fourth-order valence-electron chi connectivity index (χ4n) is 3.20. The number of methoxy groups -OCH3 is 1. The SMILES string of the molecule is C=CCN(Cc1csc(COc2ccccc2C(C)C)n1)C(=O)c1ccc(OC)cc1. The van der Waals surface area contributed by atoms with E-state index in [4.69, 9.17) is 9.47 Å². The molecule has 0 fully saturated rings. The first-order valence-electron chi connectivity index (χ1n) is 10.2. The van der Waals surface area contributed by atoms with Gasteiger partial charge in [0.15, 0.2) is 0 Å². The zero-order valence-corrected chi connectivity index (χ0v) is 19.0. The van der Waals surface area contributed by atoms with E-state index in [-0.39, 0.29) is 5.91 Å². The molecule has 3 rings (SSSR count). The van der Waals surface area contributed by atoms with Crippen LogP contribution in [0.1, 0.15) is 46.4 Å². The Balaban J connectivity index is 1.66. The number of nitrogens with zero attached hydrogens (tertiary/aromatic N) is 2. The van der Waals surface area contributed by atoms with E-state index in [1.165, 1.54) is 16.9 Å². The number of para-hydroxylation sites is 1. The fraction of sp³-hybridized carbons (Fsp3) is 0.280. The van der Waals surface area contributed by atoms with E-state index in [0.717, 1.165) is 22.2 Å². The maximum atomic E-state index is 12.9. The summed E-state index contributed by atoms with van der Waals surface area (Å²) in [7, 11) is 1.60. The summed E-state index contributed by atoms with van der Waals surface area (Å²) in [5.41, 5.74) is 2.62. The number of benzene rings is 2. The zero-order chi connectivity index (χ0) is 22.2. The Bertz CT molecular complexity index is 1010. The Labute approximate surface area is 188 Å². The van der Waals surface area contributed by atoms with Crippen molar-refractivity contribution in [1.29, 1.82) is 0 Å². The number of rotatable bonds is 10. The molecule has 1 amide bonds. The molecule has 162 valence electrons. The molecule has 0 bridgehead atoms. The van der Waals surface area contributed by atoms with Crippen LogP contribution in [0.15, 0.2) is 66.6 Å². The number of hydrogen-bond donors (Lipinski definition) is 0. The van der Waals surface area contributed by atoms with Crippen LogP contribution in [0.25, 0.3) is 0 Å². The molecule has 6 heteroatoms. The van der Waals surface area contributed by atoms with Gasteiger partial charge < -0.3 is 14.4 Å². The number of hydrogen-bond acceptors (Lipinski definition) is 5. The van der Waals surface area contributed by atoms with Gasteiger partial charge in [-0.3, -0.25) is 4.79 Å². The lowest BCUT2D eigenvalue weighted by molar-refractivity contribution is 0.0761. The Morgan fingerprint density at radius 2 is 1.94 bits per heavy atom. The molecular weight excluding hydrogens is 408 g/mol. The number of carbonyl (C=O) groups is 1. The second kappa shape index (κ2) is 10.8. The molecule has 0 atom stereocenters. The molecule has 0 aliphatic heterocycles. The molecule has 0 radical (unpaired) electrons. The first-order valence-corrected chi connectivity index (χ1v) is 11.1. The van der Waals surface area contributed by atoms with Crippen LogP contribution in [-0.2, 0) is 13.2 Å². The smallest absolute Gasteiger partial charge is 0.254 e. The van der Waals surface area contributed by atoms with E-state index in [0.29, 0.717) is 31.2 Å². The highest BCUT2D eigenvalue weighted by atomic mass is 32.1. The maximum absolute atomic E-state index is 12.9. The fourth-order valence-corrected chi connectivity index (χ4v) is 3.90. The Kier molecular flexibility index (Phi) is 7.84. The standard InChI is InChI=1S/C25H28N2O3S/c1-5-14-27(25(28)19-10-12-21(29-4)13-11-19)15-20-17-31-24(26-20)16-30-23-9-7-6-8-22(23)18(2)3/h5-13,17-18H,1,14-16H2,2-4H3. The Hall–Kier alpha value is -3.12. The molecule has 0 saturated carbocycles. The van der Waals surface area contributed by atoms with Crippen molar-refractivity contribution >= 4 is 17.2 Å². The summed E-state index contributed by atoms with van der Waals surface area (Å²) in [6.07, 6.45) is 1.72. The molecule has 0 saturated heterocycles. The van der Waals surface area contributed by atoms with Crippen LogP contribution >= 0.6 is 11.3 Å². The van der Waals surface area contributed by atoms with Crippen molar-refractivity contribution in [3.05, 3.63) is 88.4 Å². The van der Waals surface area contributed by atoms with Crippen molar-refractivity contribution < 1.29 is 14.3 Å². The second-order valence-corrected chi connectivity index (χ2v) is 8.36. The monoisotopic (exact) mass is 436 g/mol. The van der Waals surface area contributed by atoms with Crippen LogP contribution in [0.4, 0.5) is 0 Å². The van der Waals surface area contributed by atoms with Crippen LogP contribution in [0, 0.1) is 0 Å². The molecule has 0 N–H and O–H groups in total. The molecule has 5 nitrogen and oxygen atoms in total. The lowest BCUT2D eigenvalue weighted by Gasteiger charge is -2.20. The lowest BCUT2D eigenvalue weighted by atomic mass is 10.0. The molecule has 3 aromatic rings. The van der Waals surface area contributed by atoms with E-state index in [9.17, 15) is 4.79 Å². The summed E-state index contributed by atoms with van der Waals surface area (Å²) >= 11 is 1.54. The predicted molar refractivity (Wildman–Crippen MR) is 125 cm³/mol. The van der Waals surface area contributed by atoms with Gasteiger partial charge >= 0.3 is 0 Å². The number of ether oxygens (including phenoxy) is 2. The normalized spacial score (nSPS) is 10.7. The van der Waals surface area contributed by atoms with Crippen LogP contribution in [0.2, 0.25) is 0 Å². The van der Waals surface area contributed by atoms with Gasteiger partial charge in [0.25, 0.3) is 5.91 Å². The average Bonchev–Trinajstić information content (AvgIpc) is 3.24. The van der Waals surface area contributed by atoms with Gasteiger partial charge in [-0.2, -0.15) is 0 Å². The number of carbonyl (C=O) groups excluding carboxylic acids is 1. The third-order valence-electron chi connectivity index (χ3n) is 4.82. The molecule has 1 aromatic heterocycles. The summed E-state index contributed by atoms with van der Waals surface area (Å²) < 4.78 is 11.2. The van der Waals surface area contributed by atoms with Crippen LogP contribution in [0.5, 0.6) is 11.5 Å². The van der Waals surface area contributed by atoms with Crippen molar-refractivity contribution in [2.45, 2.75) is 32.9 Å². The van der Waals surface area contributed by atoms with E-state index in [2.05, 4.69) is 31.5 Å². The molecule has 31 heavy (non-hydrogen) atoms.